The third-order valence-corrected chi connectivity index (χ3v) is 4.87. The Morgan fingerprint density at radius 1 is 1.20 bits per heavy atom. The van der Waals surface area contributed by atoms with Crippen molar-refractivity contribution in [3.05, 3.63) is 0 Å². The summed E-state index contributed by atoms with van der Waals surface area (Å²) in [5, 5.41) is 10.6. The van der Waals surface area contributed by atoms with Gasteiger partial charge >= 0.3 is 0 Å². The van der Waals surface area contributed by atoms with Gasteiger partial charge in [0, 0.05) is 0 Å². The smallest absolute Gasteiger partial charge is 0.0681 e. The average Bonchev–Trinajstić information content (AvgIpc) is 2.12. The minimum absolute atomic E-state index is 0.274. The van der Waals surface area contributed by atoms with Crippen molar-refractivity contribution in [1.82, 2.24) is 0 Å². The molecule has 2 atom stereocenters. The van der Waals surface area contributed by atoms with E-state index in [1.54, 1.807) is 0 Å². The molecule has 2 fully saturated rings. The highest BCUT2D eigenvalue weighted by Gasteiger charge is 2.49. The maximum atomic E-state index is 10.6. The predicted molar refractivity (Wildman–Crippen MR) is 63.6 cm³/mol. The van der Waals surface area contributed by atoms with E-state index in [9.17, 15) is 5.11 Å². The minimum atomic E-state index is -0.274. The number of aliphatic hydroxyl groups is 1. The third kappa shape index (κ3) is 2.22. The molecule has 2 aliphatic carbocycles. The molecule has 1 nitrogen and oxygen atoms in total. The highest BCUT2D eigenvalue weighted by atomic mass is 16.3. The Morgan fingerprint density at radius 3 is 2.40 bits per heavy atom. The van der Waals surface area contributed by atoms with Crippen molar-refractivity contribution in [2.45, 2.75) is 64.9 Å². The Morgan fingerprint density at radius 2 is 1.87 bits per heavy atom. The van der Waals surface area contributed by atoms with E-state index in [4.69, 9.17) is 0 Å². The second kappa shape index (κ2) is 4.08. The van der Waals surface area contributed by atoms with Gasteiger partial charge in [0.05, 0.1) is 5.60 Å². The fourth-order valence-corrected chi connectivity index (χ4v) is 3.58. The van der Waals surface area contributed by atoms with E-state index >= 15 is 0 Å². The van der Waals surface area contributed by atoms with E-state index in [0.717, 1.165) is 30.6 Å². The van der Waals surface area contributed by atoms with E-state index in [1.165, 1.54) is 25.7 Å². The zero-order valence-electron chi connectivity index (χ0n) is 10.5. The molecule has 2 saturated carbocycles. The molecule has 88 valence electrons. The standard InChI is InChI=1S/C14H26O/c1-10(2)12-8-14(15,9-12)13-6-4-5-11(3)7-13/h10-13,15H,4-9H2,1-3H3. The molecule has 1 heteroatoms. The molecule has 0 radical (unpaired) electrons. The lowest BCUT2D eigenvalue weighted by Crippen LogP contribution is -2.52. The monoisotopic (exact) mass is 210 g/mol. The molecule has 2 aliphatic rings. The predicted octanol–water partition coefficient (Wildman–Crippen LogP) is 3.61. The van der Waals surface area contributed by atoms with Crippen LogP contribution < -0.4 is 0 Å². The van der Waals surface area contributed by atoms with Gasteiger partial charge in [0.25, 0.3) is 0 Å². The molecule has 0 aromatic heterocycles. The Balaban J connectivity index is 1.89. The lowest BCUT2D eigenvalue weighted by atomic mass is 9.58. The number of hydrogen-bond acceptors (Lipinski definition) is 1. The van der Waals surface area contributed by atoms with Crippen LogP contribution in [0.1, 0.15) is 59.3 Å². The molecular weight excluding hydrogens is 184 g/mol. The lowest BCUT2D eigenvalue weighted by Gasteiger charge is -2.52. The van der Waals surface area contributed by atoms with Gasteiger partial charge in [-0.2, -0.15) is 0 Å². The maximum Gasteiger partial charge on any atom is 0.0681 e. The highest BCUT2D eigenvalue weighted by Crippen LogP contribution is 2.51. The Hall–Kier alpha value is -0.0400. The van der Waals surface area contributed by atoms with Gasteiger partial charge in [0.1, 0.15) is 0 Å². The lowest BCUT2D eigenvalue weighted by molar-refractivity contribution is -0.140. The zero-order chi connectivity index (χ0) is 11.1. The summed E-state index contributed by atoms with van der Waals surface area (Å²) >= 11 is 0. The largest absolute Gasteiger partial charge is 0.390 e. The van der Waals surface area contributed by atoms with Crippen molar-refractivity contribution in [3.8, 4) is 0 Å². The molecule has 0 heterocycles. The van der Waals surface area contributed by atoms with Gasteiger partial charge in [0.2, 0.25) is 0 Å². The molecule has 0 saturated heterocycles. The molecule has 0 amide bonds. The Bertz CT molecular complexity index is 215. The van der Waals surface area contributed by atoms with Crippen LogP contribution in [-0.2, 0) is 0 Å². The van der Waals surface area contributed by atoms with E-state index in [0.29, 0.717) is 5.92 Å². The molecule has 15 heavy (non-hydrogen) atoms. The normalized spacial score (nSPS) is 46.6. The molecule has 0 aliphatic heterocycles. The second-order valence-corrected chi connectivity index (χ2v) is 6.48. The molecule has 1 N–H and O–H groups in total. The maximum absolute atomic E-state index is 10.6. The summed E-state index contributed by atoms with van der Waals surface area (Å²) in [7, 11) is 0. The van der Waals surface area contributed by atoms with Crippen LogP contribution in [0, 0.1) is 23.7 Å². The summed E-state index contributed by atoms with van der Waals surface area (Å²) in [5.74, 6) is 2.99. The van der Waals surface area contributed by atoms with Gasteiger partial charge in [-0.15, -0.1) is 0 Å². The summed E-state index contributed by atoms with van der Waals surface area (Å²) in [6.07, 6.45) is 7.39. The first-order valence-corrected chi connectivity index (χ1v) is 6.73. The Labute approximate surface area is 94.3 Å². The zero-order valence-corrected chi connectivity index (χ0v) is 10.5. The summed E-state index contributed by atoms with van der Waals surface area (Å²) in [5.41, 5.74) is -0.274. The van der Waals surface area contributed by atoms with Gasteiger partial charge in [0.15, 0.2) is 0 Å². The van der Waals surface area contributed by atoms with Crippen LogP contribution in [0.3, 0.4) is 0 Å². The molecule has 2 rings (SSSR count). The van der Waals surface area contributed by atoms with E-state index in [-0.39, 0.29) is 5.60 Å². The van der Waals surface area contributed by atoms with Crippen molar-refractivity contribution < 1.29 is 5.11 Å². The third-order valence-electron chi connectivity index (χ3n) is 4.87. The van der Waals surface area contributed by atoms with Crippen LogP contribution in [0.2, 0.25) is 0 Å². The molecule has 0 aromatic carbocycles. The van der Waals surface area contributed by atoms with Crippen LogP contribution in [0.25, 0.3) is 0 Å². The first-order chi connectivity index (χ1) is 7.01. The SMILES string of the molecule is CC1CCCC(C2(O)CC(C(C)C)C2)C1. The van der Waals surface area contributed by atoms with E-state index < -0.39 is 0 Å². The summed E-state index contributed by atoms with van der Waals surface area (Å²) < 4.78 is 0. The van der Waals surface area contributed by atoms with Crippen LogP contribution >= 0.6 is 0 Å². The van der Waals surface area contributed by atoms with Crippen LogP contribution in [-0.4, -0.2) is 10.7 Å². The van der Waals surface area contributed by atoms with Crippen molar-refractivity contribution >= 4 is 0 Å². The molecule has 0 aromatic rings. The minimum Gasteiger partial charge on any atom is -0.390 e. The van der Waals surface area contributed by atoms with E-state index in [1.807, 2.05) is 0 Å². The molecule has 2 unspecified atom stereocenters. The van der Waals surface area contributed by atoms with Crippen molar-refractivity contribution in [2.75, 3.05) is 0 Å². The Kier molecular flexibility index (Phi) is 3.12. The molecular formula is C14H26O. The van der Waals surface area contributed by atoms with Crippen molar-refractivity contribution in [1.29, 1.82) is 0 Å². The quantitative estimate of drug-likeness (QED) is 0.738. The van der Waals surface area contributed by atoms with Crippen molar-refractivity contribution in [3.63, 3.8) is 0 Å². The summed E-state index contributed by atoms with van der Waals surface area (Å²) in [4.78, 5) is 0. The topological polar surface area (TPSA) is 20.2 Å². The van der Waals surface area contributed by atoms with Crippen LogP contribution in [0.15, 0.2) is 0 Å². The van der Waals surface area contributed by atoms with Crippen molar-refractivity contribution in [2.24, 2.45) is 23.7 Å². The van der Waals surface area contributed by atoms with Gasteiger partial charge in [-0.3, -0.25) is 0 Å². The summed E-state index contributed by atoms with van der Waals surface area (Å²) in [6.45, 7) is 6.91. The molecule has 0 spiro atoms. The van der Waals surface area contributed by atoms with Gasteiger partial charge in [-0.05, 0) is 49.4 Å². The summed E-state index contributed by atoms with van der Waals surface area (Å²) in [6, 6.07) is 0. The van der Waals surface area contributed by atoms with Gasteiger partial charge in [-0.1, -0.05) is 33.6 Å². The first kappa shape index (κ1) is 11.4. The van der Waals surface area contributed by atoms with E-state index in [2.05, 4.69) is 20.8 Å². The number of rotatable bonds is 2. The number of hydrogen-bond donors (Lipinski definition) is 1. The molecule has 0 bridgehead atoms. The van der Waals surface area contributed by atoms with Gasteiger partial charge < -0.3 is 5.11 Å². The van der Waals surface area contributed by atoms with Crippen LogP contribution in [0.5, 0.6) is 0 Å². The van der Waals surface area contributed by atoms with Gasteiger partial charge in [-0.25, -0.2) is 0 Å². The highest BCUT2D eigenvalue weighted by molar-refractivity contribution is 5.00. The van der Waals surface area contributed by atoms with Crippen LogP contribution in [0.4, 0.5) is 0 Å². The first-order valence-electron chi connectivity index (χ1n) is 6.73. The fraction of sp³-hybridized carbons (Fsp3) is 1.00. The fourth-order valence-electron chi connectivity index (χ4n) is 3.58. The second-order valence-electron chi connectivity index (χ2n) is 6.48. The average molecular weight is 210 g/mol.